The van der Waals surface area contributed by atoms with E-state index in [9.17, 15) is 4.79 Å². The van der Waals surface area contributed by atoms with Gasteiger partial charge in [-0.2, -0.15) is 0 Å². The van der Waals surface area contributed by atoms with Gasteiger partial charge in [0, 0.05) is 6.20 Å². The lowest BCUT2D eigenvalue weighted by Crippen LogP contribution is -2.12. The number of pyridine rings is 1. The minimum Gasteiger partial charge on any atom is -0.296 e. The maximum Gasteiger partial charge on any atom is 0.276 e. The van der Waals surface area contributed by atoms with Crippen molar-refractivity contribution in [3.63, 3.8) is 0 Å². The first-order valence-electron chi connectivity index (χ1n) is 6.24. The molecule has 3 rings (SSSR count). The number of benzene rings is 1. The molecule has 0 bridgehead atoms. The van der Waals surface area contributed by atoms with Crippen molar-refractivity contribution in [1.29, 1.82) is 0 Å². The first-order chi connectivity index (χ1) is 9.65. The second-order valence-corrected chi connectivity index (χ2v) is 5.57. The van der Waals surface area contributed by atoms with E-state index in [1.165, 1.54) is 16.9 Å². The fourth-order valence-corrected chi connectivity index (χ4v) is 2.86. The zero-order chi connectivity index (χ0) is 14.1. The van der Waals surface area contributed by atoms with Crippen molar-refractivity contribution in [2.75, 3.05) is 5.32 Å². The largest absolute Gasteiger partial charge is 0.296 e. The minimum atomic E-state index is -0.237. The number of rotatable bonds is 2. The molecule has 1 amide bonds. The highest BCUT2D eigenvalue weighted by Gasteiger charge is 2.12. The van der Waals surface area contributed by atoms with Gasteiger partial charge in [0.25, 0.3) is 5.91 Å². The number of anilines is 1. The molecule has 2 heterocycles. The van der Waals surface area contributed by atoms with Gasteiger partial charge in [-0.25, -0.2) is 4.98 Å². The van der Waals surface area contributed by atoms with Gasteiger partial charge in [-0.3, -0.25) is 15.1 Å². The number of carbonyl (C=O) groups excluding carboxylic acids is 1. The van der Waals surface area contributed by atoms with E-state index in [0.717, 1.165) is 15.8 Å². The van der Waals surface area contributed by atoms with Crippen molar-refractivity contribution in [2.24, 2.45) is 0 Å². The lowest BCUT2D eigenvalue weighted by atomic mass is 10.1. The van der Waals surface area contributed by atoms with E-state index in [2.05, 4.69) is 28.3 Å². The molecule has 0 aliphatic rings. The van der Waals surface area contributed by atoms with Crippen LogP contribution in [0.15, 0.2) is 36.5 Å². The van der Waals surface area contributed by atoms with Crippen LogP contribution in [0.3, 0.4) is 0 Å². The molecule has 100 valence electrons. The molecular formula is C15H13N3OS. The molecule has 20 heavy (non-hydrogen) atoms. The molecule has 1 aromatic carbocycles. The third kappa shape index (κ3) is 2.28. The molecule has 0 saturated carbocycles. The Labute approximate surface area is 120 Å². The van der Waals surface area contributed by atoms with Gasteiger partial charge in [0.15, 0.2) is 5.13 Å². The predicted octanol–water partition coefficient (Wildman–Crippen LogP) is 3.56. The zero-order valence-corrected chi connectivity index (χ0v) is 12.0. The molecule has 3 aromatic rings. The number of aromatic nitrogens is 2. The van der Waals surface area contributed by atoms with Crippen LogP contribution in [0.2, 0.25) is 0 Å². The Hall–Kier alpha value is -2.27. The predicted molar refractivity (Wildman–Crippen MR) is 81.3 cm³/mol. The van der Waals surface area contributed by atoms with Crippen LogP contribution < -0.4 is 5.32 Å². The third-order valence-electron chi connectivity index (χ3n) is 3.20. The van der Waals surface area contributed by atoms with E-state index in [-0.39, 0.29) is 5.91 Å². The molecular weight excluding hydrogens is 270 g/mol. The van der Waals surface area contributed by atoms with Crippen molar-refractivity contribution >= 4 is 32.6 Å². The van der Waals surface area contributed by atoms with Gasteiger partial charge < -0.3 is 0 Å². The van der Waals surface area contributed by atoms with Gasteiger partial charge in [-0.1, -0.05) is 23.5 Å². The Morgan fingerprint density at radius 3 is 2.80 bits per heavy atom. The van der Waals surface area contributed by atoms with E-state index in [1.54, 1.807) is 24.4 Å². The highest BCUT2D eigenvalue weighted by molar-refractivity contribution is 7.22. The number of fused-ring (bicyclic) bond motifs is 1. The average Bonchev–Trinajstić information content (AvgIpc) is 2.87. The topological polar surface area (TPSA) is 54.9 Å². The quantitative estimate of drug-likeness (QED) is 0.782. The SMILES string of the molecule is Cc1ccc2sc(NC(=O)c3ccccn3)nc2c1C. The summed E-state index contributed by atoms with van der Waals surface area (Å²) >= 11 is 1.47. The zero-order valence-electron chi connectivity index (χ0n) is 11.2. The number of nitrogens with one attached hydrogen (secondary N) is 1. The molecule has 5 heteroatoms. The maximum absolute atomic E-state index is 12.0. The molecule has 1 N–H and O–H groups in total. The van der Waals surface area contributed by atoms with Crippen LogP contribution in [0, 0.1) is 13.8 Å². The van der Waals surface area contributed by atoms with Crippen molar-refractivity contribution in [1.82, 2.24) is 9.97 Å². The first-order valence-corrected chi connectivity index (χ1v) is 7.06. The smallest absolute Gasteiger partial charge is 0.276 e. The van der Waals surface area contributed by atoms with E-state index >= 15 is 0 Å². The highest BCUT2D eigenvalue weighted by Crippen LogP contribution is 2.29. The Morgan fingerprint density at radius 1 is 1.20 bits per heavy atom. The molecule has 0 radical (unpaired) electrons. The van der Waals surface area contributed by atoms with Crippen LogP contribution in [0.1, 0.15) is 21.6 Å². The summed E-state index contributed by atoms with van der Waals surface area (Å²) in [5.41, 5.74) is 3.69. The number of thiazole rings is 1. The summed E-state index contributed by atoms with van der Waals surface area (Å²) < 4.78 is 1.07. The molecule has 0 aliphatic carbocycles. The van der Waals surface area contributed by atoms with Gasteiger partial charge in [0.2, 0.25) is 0 Å². The van der Waals surface area contributed by atoms with Crippen LogP contribution in [0.5, 0.6) is 0 Å². The van der Waals surface area contributed by atoms with Gasteiger partial charge in [-0.05, 0) is 43.2 Å². The highest BCUT2D eigenvalue weighted by atomic mass is 32.1. The summed E-state index contributed by atoms with van der Waals surface area (Å²) in [5.74, 6) is -0.237. The van der Waals surface area contributed by atoms with Gasteiger partial charge >= 0.3 is 0 Å². The maximum atomic E-state index is 12.0. The molecule has 4 nitrogen and oxygen atoms in total. The fourth-order valence-electron chi connectivity index (χ4n) is 1.94. The van der Waals surface area contributed by atoms with E-state index < -0.39 is 0 Å². The Bertz CT molecular complexity index is 780. The molecule has 0 saturated heterocycles. The lowest BCUT2D eigenvalue weighted by molar-refractivity contribution is 0.102. The van der Waals surface area contributed by atoms with Crippen LogP contribution in [-0.4, -0.2) is 15.9 Å². The minimum absolute atomic E-state index is 0.237. The molecule has 0 spiro atoms. The lowest BCUT2D eigenvalue weighted by Gasteiger charge is -1.99. The number of amides is 1. The van der Waals surface area contributed by atoms with Crippen molar-refractivity contribution < 1.29 is 4.79 Å². The summed E-state index contributed by atoms with van der Waals surface area (Å²) in [5, 5.41) is 3.40. The van der Waals surface area contributed by atoms with Gasteiger partial charge in [0.1, 0.15) is 5.69 Å². The van der Waals surface area contributed by atoms with Gasteiger partial charge in [-0.15, -0.1) is 0 Å². The van der Waals surface area contributed by atoms with E-state index in [1.807, 2.05) is 13.0 Å². The Balaban J connectivity index is 1.92. The number of hydrogen-bond acceptors (Lipinski definition) is 4. The molecule has 2 aromatic heterocycles. The fraction of sp³-hybridized carbons (Fsp3) is 0.133. The van der Waals surface area contributed by atoms with Crippen LogP contribution in [0.4, 0.5) is 5.13 Å². The van der Waals surface area contributed by atoms with Crippen LogP contribution in [-0.2, 0) is 0 Å². The molecule has 0 atom stereocenters. The Kier molecular flexibility index (Phi) is 3.20. The molecule has 0 unspecified atom stereocenters. The van der Waals surface area contributed by atoms with Crippen molar-refractivity contribution in [3.05, 3.63) is 53.3 Å². The number of nitrogens with zero attached hydrogens (tertiary/aromatic N) is 2. The normalized spacial score (nSPS) is 10.7. The summed E-state index contributed by atoms with van der Waals surface area (Å²) in [6.45, 7) is 4.10. The average molecular weight is 283 g/mol. The monoisotopic (exact) mass is 283 g/mol. The molecule has 0 aliphatic heterocycles. The summed E-state index contributed by atoms with van der Waals surface area (Å²) in [7, 11) is 0. The van der Waals surface area contributed by atoms with Crippen LogP contribution >= 0.6 is 11.3 Å². The van der Waals surface area contributed by atoms with Crippen molar-refractivity contribution in [2.45, 2.75) is 13.8 Å². The first kappa shape index (κ1) is 12.7. The van der Waals surface area contributed by atoms with E-state index in [4.69, 9.17) is 0 Å². The van der Waals surface area contributed by atoms with Crippen LogP contribution in [0.25, 0.3) is 10.2 Å². The summed E-state index contributed by atoms with van der Waals surface area (Å²) in [6.07, 6.45) is 1.60. The summed E-state index contributed by atoms with van der Waals surface area (Å²) in [6, 6.07) is 9.35. The third-order valence-corrected chi connectivity index (χ3v) is 4.14. The van der Waals surface area contributed by atoms with Crippen molar-refractivity contribution in [3.8, 4) is 0 Å². The second-order valence-electron chi connectivity index (χ2n) is 4.54. The second kappa shape index (κ2) is 5.02. The number of aryl methyl sites for hydroxylation is 2. The van der Waals surface area contributed by atoms with Gasteiger partial charge in [0.05, 0.1) is 10.2 Å². The van der Waals surface area contributed by atoms with E-state index in [0.29, 0.717) is 10.8 Å². The summed E-state index contributed by atoms with van der Waals surface area (Å²) in [4.78, 5) is 20.6. The number of carbonyl (C=O) groups is 1. The Morgan fingerprint density at radius 2 is 2.05 bits per heavy atom. The standard InChI is InChI=1S/C15H13N3OS/c1-9-6-7-12-13(10(9)2)17-15(20-12)18-14(19)11-5-3-4-8-16-11/h3-8H,1-2H3,(H,17,18,19). The molecule has 0 fully saturated rings. The number of hydrogen-bond donors (Lipinski definition) is 1.